The van der Waals surface area contributed by atoms with Gasteiger partial charge in [0.25, 0.3) is 0 Å². The van der Waals surface area contributed by atoms with Gasteiger partial charge in [0.1, 0.15) is 17.1 Å². The van der Waals surface area contributed by atoms with Crippen LogP contribution in [0, 0.1) is 0 Å². The van der Waals surface area contributed by atoms with Gasteiger partial charge in [-0.2, -0.15) is 0 Å². The minimum Gasteiger partial charge on any atom is -0.542 e. The van der Waals surface area contributed by atoms with Gasteiger partial charge in [-0.25, -0.2) is 4.98 Å². The van der Waals surface area contributed by atoms with Crippen molar-refractivity contribution in [2.75, 3.05) is 5.88 Å². The maximum absolute atomic E-state index is 10.4. The second-order valence-electron chi connectivity index (χ2n) is 2.85. The molecular weight excluding hydrogens is 242 g/mol. The van der Waals surface area contributed by atoms with Crippen LogP contribution in [0.25, 0.3) is 0 Å². The van der Waals surface area contributed by atoms with Crippen LogP contribution in [0.15, 0.2) is 5.38 Å². The molecule has 0 aliphatic rings. The van der Waals surface area contributed by atoms with E-state index in [4.69, 9.17) is 11.6 Å². The predicted molar refractivity (Wildman–Crippen MR) is 52.7 cm³/mol. The first kappa shape index (κ1) is 12.4. The van der Waals surface area contributed by atoms with E-state index in [0.29, 0.717) is 0 Å². The lowest BCUT2D eigenvalue weighted by molar-refractivity contribution is -0.255. The number of carbonyl (C=O) groups excluding carboxylic acids is 1. The molecule has 84 valence electrons. The van der Waals surface area contributed by atoms with E-state index in [1.165, 1.54) is 5.38 Å². The maximum Gasteiger partial charge on any atom is 0.139 e. The molecule has 1 aromatic heterocycles. The Balaban J connectivity index is 2.73. The fourth-order valence-corrected chi connectivity index (χ4v) is 1.88. The Labute approximate surface area is 95.0 Å². The summed E-state index contributed by atoms with van der Waals surface area (Å²) < 4.78 is 0. The second-order valence-corrected chi connectivity index (χ2v) is 4.09. The molecule has 0 aliphatic heterocycles. The lowest BCUT2D eigenvalue weighted by Gasteiger charge is -2.14. The molecule has 2 unspecified atom stereocenters. The van der Waals surface area contributed by atoms with Crippen LogP contribution in [-0.2, 0) is 0 Å². The zero-order valence-corrected chi connectivity index (χ0v) is 9.16. The van der Waals surface area contributed by atoms with E-state index in [9.17, 15) is 20.1 Å². The van der Waals surface area contributed by atoms with Crippen LogP contribution in [0.5, 0.6) is 0 Å². The molecule has 0 bridgehead atoms. The number of carbonyl (C=O) groups is 1. The van der Waals surface area contributed by atoms with Crippen molar-refractivity contribution in [2.45, 2.75) is 18.6 Å². The smallest absolute Gasteiger partial charge is 0.139 e. The first-order valence-electron chi connectivity index (χ1n) is 4.15. The number of aliphatic hydroxyl groups is 2. The number of nitrogens with zero attached hydrogens (tertiary/aromatic N) is 1. The molecule has 0 aliphatic carbocycles. The molecule has 5 nitrogen and oxygen atoms in total. The van der Waals surface area contributed by atoms with Crippen LogP contribution >= 0.6 is 22.9 Å². The average molecular weight is 251 g/mol. The van der Waals surface area contributed by atoms with E-state index in [1.54, 1.807) is 0 Å². The normalized spacial score (nSPS) is 14.9. The molecule has 2 N–H and O–H groups in total. The highest BCUT2D eigenvalue weighted by Crippen LogP contribution is 2.21. The van der Waals surface area contributed by atoms with Crippen molar-refractivity contribution in [1.29, 1.82) is 0 Å². The third-order valence-corrected chi connectivity index (χ3v) is 2.83. The Kier molecular flexibility index (Phi) is 4.46. The number of halogens is 1. The van der Waals surface area contributed by atoms with Crippen LogP contribution in [0.2, 0.25) is 0 Å². The summed E-state index contributed by atoms with van der Waals surface area (Å²) in [6.07, 6.45) is -2.05. The summed E-state index contributed by atoms with van der Waals surface area (Å²) in [5.74, 6) is -1.19. The lowest BCUT2D eigenvalue weighted by atomic mass is 10.1. The van der Waals surface area contributed by atoms with E-state index in [0.717, 1.165) is 11.3 Å². The number of aromatic carboxylic acids is 1. The molecule has 2 atom stereocenters. The number of thiazole rings is 1. The first-order chi connectivity index (χ1) is 7.06. The topological polar surface area (TPSA) is 93.5 Å². The molecule has 7 heteroatoms. The minimum atomic E-state index is -1.40. The fraction of sp³-hybridized carbons (Fsp3) is 0.500. The lowest BCUT2D eigenvalue weighted by Crippen LogP contribution is -2.23. The van der Waals surface area contributed by atoms with Crippen LogP contribution in [-0.4, -0.2) is 33.2 Å². The summed E-state index contributed by atoms with van der Waals surface area (Å²) in [4.78, 5) is 14.0. The van der Waals surface area contributed by atoms with Gasteiger partial charge in [-0.05, 0) is 6.42 Å². The number of alkyl halides is 1. The number of hydrogen-bond acceptors (Lipinski definition) is 6. The largest absolute Gasteiger partial charge is 0.542 e. The van der Waals surface area contributed by atoms with Gasteiger partial charge in [0, 0.05) is 11.3 Å². The van der Waals surface area contributed by atoms with E-state index in [1.807, 2.05) is 0 Å². The van der Waals surface area contributed by atoms with E-state index < -0.39 is 18.2 Å². The molecule has 1 heterocycles. The summed E-state index contributed by atoms with van der Waals surface area (Å²) in [6, 6.07) is 0. The molecule has 0 radical (unpaired) electrons. The number of aromatic nitrogens is 1. The zero-order chi connectivity index (χ0) is 11.4. The van der Waals surface area contributed by atoms with Gasteiger partial charge in [0.15, 0.2) is 0 Å². The van der Waals surface area contributed by atoms with Gasteiger partial charge in [-0.1, -0.05) is 0 Å². The van der Waals surface area contributed by atoms with Crippen molar-refractivity contribution in [3.05, 3.63) is 16.1 Å². The molecule has 1 rings (SSSR count). The summed E-state index contributed by atoms with van der Waals surface area (Å²) in [7, 11) is 0. The summed E-state index contributed by atoms with van der Waals surface area (Å²) >= 11 is 6.23. The zero-order valence-electron chi connectivity index (χ0n) is 7.59. The Morgan fingerprint density at radius 2 is 2.33 bits per heavy atom. The Bertz CT molecular complexity index is 343. The number of rotatable bonds is 5. The van der Waals surface area contributed by atoms with Crippen molar-refractivity contribution < 1.29 is 20.1 Å². The van der Waals surface area contributed by atoms with Gasteiger partial charge >= 0.3 is 0 Å². The Morgan fingerprint density at radius 1 is 1.67 bits per heavy atom. The van der Waals surface area contributed by atoms with Crippen molar-refractivity contribution in [3.8, 4) is 0 Å². The van der Waals surface area contributed by atoms with Crippen LogP contribution in [0.4, 0.5) is 0 Å². The second kappa shape index (κ2) is 5.41. The fourth-order valence-electron chi connectivity index (χ4n) is 0.983. The van der Waals surface area contributed by atoms with Crippen LogP contribution < -0.4 is 5.11 Å². The van der Waals surface area contributed by atoms with Gasteiger partial charge in [0.2, 0.25) is 0 Å². The SMILES string of the molecule is O=C([O-])c1nc(C(O)C(O)CCCl)cs1. The minimum absolute atomic E-state index is 0.122. The van der Waals surface area contributed by atoms with E-state index in [2.05, 4.69) is 4.98 Å². The van der Waals surface area contributed by atoms with Crippen LogP contribution in [0.3, 0.4) is 0 Å². The third-order valence-electron chi connectivity index (χ3n) is 1.77. The molecule has 0 aromatic carbocycles. The molecule has 0 amide bonds. The van der Waals surface area contributed by atoms with Gasteiger partial charge in [-0.15, -0.1) is 22.9 Å². The monoisotopic (exact) mass is 250 g/mol. The number of hydrogen-bond donors (Lipinski definition) is 2. The molecule has 1 aromatic rings. The number of aliphatic hydroxyl groups excluding tert-OH is 2. The third kappa shape index (κ3) is 3.13. The standard InChI is InChI=1S/C8H10ClNO4S/c9-2-1-5(11)6(12)4-3-15-7(10-4)8(13)14/h3,5-6,11-12H,1-2H2,(H,13,14)/p-1. The molecular formula is C8H9ClNO4S-. The summed E-state index contributed by atoms with van der Waals surface area (Å²) in [5.41, 5.74) is 0.122. The Morgan fingerprint density at radius 3 is 2.80 bits per heavy atom. The van der Waals surface area contributed by atoms with Crippen LogP contribution in [0.1, 0.15) is 28.0 Å². The molecule has 0 saturated heterocycles. The predicted octanol–water partition coefficient (Wildman–Crippen LogP) is -0.470. The molecule has 0 saturated carbocycles. The summed E-state index contributed by atoms with van der Waals surface area (Å²) in [5, 5.41) is 30.5. The van der Waals surface area contributed by atoms with Crippen molar-refractivity contribution in [3.63, 3.8) is 0 Å². The van der Waals surface area contributed by atoms with Gasteiger partial charge < -0.3 is 20.1 Å². The highest BCUT2D eigenvalue weighted by Gasteiger charge is 2.20. The van der Waals surface area contributed by atoms with Crippen molar-refractivity contribution >= 4 is 28.9 Å². The average Bonchev–Trinajstić information content (AvgIpc) is 2.65. The van der Waals surface area contributed by atoms with Gasteiger partial charge in [0.05, 0.1) is 11.8 Å². The molecule has 0 spiro atoms. The van der Waals surface area contributed by atoms with E-state index in [-0.39, 0.29) is 23.0 Å². The number of carboxylic acids is 1. The highest BCUT2D eigenvalue weighted by molar-refractivity contribution is 7.11. The Hall–Kier alpha value is -0.690. The van der Waals surface area contributed by atoms with Gasteiger partial charge in [-0.3, -0.25) is 0 Å². The first-order valence-corrected chi connectivity index (χ1v) is 5.56. The maximum atomic E-state index is 10.4. The van der Waals surface area contributed by atoms with Crippen molar-refractivity contribution in [2.24, 2.45) is 0 Å². The quantitative estimate of drug-likeness (QED) is 0.689. The summed E-state index contributed by atoms with van der Waals surface area (Å²) in [6.45, 7) is 0. The van der Waals surface area contributed by atoms with E-state index >= 15 is 0 Å². The highest BCUT2D eigenvalue weighted by atomic mass is 35.5. The molecule has 0 fully saturated rings. The number of carboxylic acid groups (broad SMARTS) is 1. The van der Waals surface area contributed by atoms with Crippen molar-refractivity contribution in [1.82, 2.24) is 4.98 Å². The molecule has 15 heavy (non-hydrogen) atoms.